The highest BCUT2D eigenvalue weighted by Crippen LogP contribution is 2.39. The number of rotatable bonds is 2. The summed E-state index contributed by atoms with van der Waals surface area (Å²) in [5.74, 6) is -1.09. The fourth-order valence-electron chi connectivity index (χ4n) is 4.89. The van der Waals surface area contributed by atoms with Crippen LogP contribution in [-0.2, 0) is 0 Å². The van der Waals surface area contributed by atoms with Crippen molar-refractivity contribution in [2.45, 2.75) is 13.1 Å². The first-order chi connectivity index (χ1) is 16.5. The molecular formula is C28H21FN4O. The molecule has 1 atom stereocenters. The highest BCUT2D eigenvalue weighted by atomic mass is 19.1. The molecule has 2 aromatic heterocycles. The largest absolute Gasteiger partial charge is 0.505 e. The van der Waals surface area contributed by atoms with Gasteiger partial charge in [0.2, 0.25) is 0 Å². The summed E-state index contributed by atoms with van der Waals surface area (Å²) < 4.78 is 16.3. The van der Waals surface area contributed by atoms with Crippen LogP contribution in [0.25, 0.3) is 38.3 Å². The predicted molar refractivity (Wildman–Crippen MR) is 133 cm³/mol. The van der Waals surface area contributed by atoms with Crippen molar-refractivity contribution >= 4 is 32.9 Å². The molecule has 0 spiro atoms. The molecule has 0 aliphatic carbocycles. The van der Waals surface area contributed by atoms with Gasteiger partial charge in [-0.3, -0.25) is 0 Å². The minimum Gasteiger partial charge on any atom is -0.505 e. The van der Waals surface area contributed by atoms with E-state index in [9.17, 15) is 14.8 Å². The van der Waals surface area contributed by atoms with E-state index in [-0.39, 0.29) is 6.17 Å². The topological polar surface area (TPSA) is 54.9 Å². The van der Waals surface area contributed by atoms with Crippen molar-refractivity contribution < 1.29 is 9.50 Å². The number of benzene rings is 3. The Kier molecular flexibility index (Phi) is 4.30. The lowest BCUT2D eigenvalue weighted by atomic mass is 9.98. The molecular weight excluding hydrogens is 427 g/mol. The quantitative estimate of drug-likeness (QED) is 0.327. The molecule has 5 aromatic rings. The molecule has 1 aliphatic heterocycles. The number of anilines is 1. The molecule has 6 rings (SSSR count). The third-order valence-electron chi connectivity index (χ3n) is 6.84. The van der Waals surface area contributed by atoms with Gasteiger partial charge in [0.05, 0.1) is 22.7 Å². The van der Waals surface area contributed by atoms with Crippen LogP contribution in [0, 0.1) is 17.1 Å². The number of phenolic OH excluding ortho intramolecular Hbond substituents is 1. The first-order valence-corrected chi connectivity index (χ1v) is 11.0. The van der Waals surface area contributed by atoms with E-state index >= 15 is 0 Å². The summed E-state index contributed by atoms with van der Waals surface area (Å²) in [7, 11) is 2.05. The van der Waals surface area contributed by atoms with Crippen LogP contribution in [0.15, 0.2) is 79.3 Å². The molecule has 0 fully saturated rings. The monoisotopic (exact) mass is 448 g/mol. The van der Waals surface area contributed by atoms with Gasteiger partial charge in [-0.05, 0) is 54.3 Å². The Morgan fingerprint density at radius 3 is 2.44 bits per heavy atom. The minimum absolute atomic E-state index is 0.247. The summed E-state index contributed by atoms with van der Waals surface area (Å²) >= 11 is 0. The SMILES string of the molecule is CC1N(C)C=CN1c1ccc(-c2ccn3c4cc(F)c(O)cc4c4cc(C#N)ccc4c23)cc1. The second-order valence-corrected chi connectivity index (χ2v) is 8.69. The van der Waals surface area contributed by atoms with E-state index in [0.29, 0.717) is 16.5 Å². The first kappa shape index (κ1) is 20.1. The Labute approximate surface area is 195 Å². The maximum Gasteiger partial charge on any atom is 0.166 e. The second kappa shape index (κ2) is 7.26. The Morgan fingerprint density at radius 1 is 0.941 bits per heavy atom. The van der Waals surface area contributed by atoms with Crippen LogP contribution in [0.5, 0.6) is 5.75 Å². The first-order valence-electron chi connectivity index (χ1n) is 11.0. The van der Waals surface area contributed by atoms with Gasteiger partial charge in [-0.25, -0.2) is 4.39 Å². The number of hydrogen-bond acceptors (Lipinski definition) is 4. The highest BCUT2D eigenvalue weighted by Gasteiger charge is 2.20. The molecule has 0 bridgehead atoms. The number of nitriles is 1. The normalized spacial score (nSPS) is 15.6. The number of phenols is 1. The second-order valence-electron chi connectivity index (χ2n) is 8.69. The molecule has 0 radical (unpaired) electrons. The molecule has 1 N–H and O–H groups in total. The Morgan fingerprint density at radius 2 is 1.74 bits per heavy atom. The molecule has 5 nitrogen and oxygen atoms in total. The number of hydrogen-bond donors (Lipinski definition) is 1. The van der Waals surface area contributed by atoms with Crippen molar-refractivity contribution in [3.8, 4) is 22.9 Å². The number of pyridine rings is 1. The summed E-state index contributed by atoms with van der Waals surface area (Å²) in [6.45, 7) is 2.15. The van der Waals surface area contributed by atoms with E-state index in [1.165, 1.54) is 12.1 Å². The Balaban J connectivity index is 1.59. The van der Waals surface area contributed by atoms with E-state index in [2.05, 4.69) is 66.5 Å². The summed E-state index contributed by atoms with van der Waals surface area (Å²) in [6, 6.07) is 20.9. The Bertz CT molecular complexity index is 1680. The zero-order valence-corrected chi connectivity index (χ0v) is 18.7. The Hall–Kier alpha value is -4.50. The molecule has 3 aromatic carbocycles. The van der Waals surface area contributed by atoms with Crippen LogP contribution >= 0.6 is 0 Å². The van der Waals surface area contributed by atoms with Crippen LogP contribution in [0.2, 0.25) is 0 Å². The lowest BCUT2D eigenvalue weighted by Gasteiger charge is -2.27. The van der Waals surface area contributed by atoms with Crippen molar-refractivity contribution in [1.82, 2.24) is 9.30 Å². The zero-order valence-electron chi connectivity index (χ0n) is 18.7. The van der Waals surface area contributed by atoms with Crippen LogP contribution in [0.3, 0.4) is 0 Å². The van der Waals surface area contributed by atoms with E-state index in [4.69, 9.17) is 0 Å². The molecule has 0 saturated heterocycles. The molecule has 166 valence electrons. The standard InChI is InChI=1S/C28H21FN4O/c1-17-31(2)11-12-32(17)20-6-4-19(5-7-20)21-9-10-33-26-15-25(29)27(34)14-24(26)23-13-18(16-30)3-8-22(23)28(21)33/h3-15,17,34H,1-2H3. The predicted octanol–water partition coefficient (Wildman–Crippen LogP) is 6.20. The number of nitrogens with zero attached hydrogens (tertiary/aromatic N) is 4. The van der Waals surface area contributed by atoms with Gasteiger partial charge in [0.15, 0.2) is 11.6 Å². The zero-order chi connectivity index (χ0) is 23.6. The van der Waals surface area contributed by atoms with Gasteiger partial charge in [0, 0.05) is 53.7 Å². The average Bonchev–Trinajstić information content (AvgIpc) is 3.44. The summed E-state index contributed by atoms with van der Waals surface area (Å²) in [5.41, 5.74) is 5.23. The summed E-state index contributed by atoms with van der Waals surface area (Å²) in [6.07, 6.45) is 6.31. The van der Waals surface area contributed by atoms with Crippen LogP contribution < -0.4 is 4.90 Å². The molecule has 1 unspecified atom stereocenters. The summed E-state index contributed by atoms with van der Waals surface area (Å²) in [5, 5.41) is 21.9. The lowest BCUT2D eigenvalue weighted by molar-refractivity contribution is 0.383. The fraction of sp³-hybridized carbons (Fsp3) is 0.107. The summed E-state index contributed by atoms with van der Waals surface area (Å²) in [4.78, 5) is 4.36. The van der Waals surface area contributed by atoms with Gasteiger partial charge in [-0.15, -0.1) is 0 Å². The maximum atomic E-state index is 14.4. The maximum absolute atomic E-state index is 14.4. The van der Waals surface area contributed by atoms with Crippen LogP contribution in [-0.4, -0.2) is 27.6 Å². The lowest BCUT2D eigenvalue weighted by Crippen LogP contribution is -2.33. The molecule has 3 heterocycles. The molecule has 1 aliphatic rings. The van der Waals surface area contributed by atoms with Gasteiger partial charge >= 0.3 is 0 Å². The van der Waals surface area contributed by atoms with Gasteiger partial charge in [0.25, 0.3) is 0 Å². The third-order valence-corrected chi connectivity index (χ3v) is 6.84. The van der Waals surface area contributed by atoms with Crippen LogP contribution in [0.1, 0.15) is 12.5 Å². The van der Waals surface area contributed by atoms with Crippen molar-refractivity contribution in [2.75, 3.05) is 11.9 Å². The van der Waals surface area contributed by atoms with E-state index in [1.54, 1.807) is 12.1 Å². The molecule has 6 heteroatoms. The fourth-order valence-corrected chi connectivity index (χ4v) is 4.89. The van der Waals surface area contributed by atoms with Gasteiger partial charge in [-0.2, -0.15) is 5.26 Å². The minimum atomic E-state index is -0.679. The van der Waals surface area contributed by atoms with Gasteiger partial charge in [-0.1, -0.05) is 18.2 Å². The van der Waals surface area contributed by atoms with Crippen molar-refractivity contribution in [2.24, 2.45) is 0 Å². The highest BCUT2D eigenvalue weighted by molar-refractivity contribution is 6.16. The smallest absolute Gasteiger partial charge is 0.166 e. The number of halogens is 1. The molecule has 34 heavy (non-hydrogen) atoms. The molecule has 0 saturated carbocycles. The van der Waals surface area contributed by atoms with Crippen molar-refractivity contribution in [1.29, 1.82) is 5.26 Å². The average molecular weight is 449 g/mol. The van der Waals surface area contributed by atoms with Crippen molar-refractivity contribution in [3.05, 3.63) is 90.6 Å². The van der Waals surface area contributed by atoms with E-state index < -0.39 is 11.6 Å². The van der Waals surface area contributed by atoms with Crippen LogP contribution in [0.4, 0.5) is 10.1 Å². The number of aromatic nitrogens is 1. The molecule has 0 amide bonds. The van der Waals surface area contributed by atoms with Crippen molar-refractivity contribution in [3.63, 3.8) is 0 Å². The van der Waals surface area contributed by atoms with Gasteiger partial charge < -0.3 is 19.3 Å². The third kappa shape index (κ3) is 2.84. The number of aromatic hydroxyl groups is 1. The van der Waals surface area contributed by atoms with E-state index in [0.717, 1.165) is 33.1 Å². The van der Waals surface area contributed by atoms with Gasteiger partial charge in [0.1, 0.15) is 6.17 Å². The number of fused-ring (bicyclic) bond motifs is 6. The van der Waals surface area contributed by atoms with E-state index in [1.807, 2.05) is 22.7 Å².